The van der Waals surface area contributed by atoms with Crippen LogP contribution in [0.4, 0.5) is 15.9 Å². The van der Waals surface area contributed by atoms with E-state index in [9.17, 15) is 19.6 Å². The summed E-state index contributed by atoms with van der Waals surface area (Å²) in [7, 11) is 0. The summed E-state index contributed by atoms with van der Waals surface area (Å²) in [5.74, 6) is 0.123. The number of nitrogens with one attached hydrogen (secondary N) is 2. The molecular weight excluding hydrogens is 862 g/mol. The SMILES string of the molecule is N#Cc1cnn2cc(-c3cnn(C4CCN(C(=O)CN5CCC(c6ccc(NC7CCC(=O)NC7=O)cc6F)CC5)CC4)c3)cc(-c3ccc(N4CC5CCC(C4)N5Cc4ccccn4)nc3)c12. The molecule has 1 aromatic carbocycles. The highest BCUT2D eigenvalue weighted by molar-refractivity contribution is 6.01. The quantitative estimate of drug-likeness (QED) is 0.150. The van der Waals surface area contributed by atoms with Crippen LogP contribution in [0.25, 0.3) is 27.8 Å². The monoisotopic (exact) mass is 915 g/mol. The first kappa shape index (κ1) is 43.5. The second kappa shape index (κ2) is 18.6. The largest absolute Gasteiger partial charge is 0.374 e. The molecule has 5 aromatic heterocycles. The third kappa shape index (κ3) is 8.81. The maximum Gasteiger partial charge on any atom is 0.249 e. The van der Waals surface area contributed by atoms with Gasteiger partial charge in [0.1, 0.15) is 23.7 Å². The van der Waals surface area contributed by atoms with Gasteiger partial charge in [-0.1, -0.05) is 12.1 Å². The van der Waals surface area contributed by atoms with E-state index in [2.05, 4.69) is 78.0 Å². The van der Waals surface area contributed by atoms with Crippen LogP contribution in [0.3, 0.4) is 0 Å². The van der Waals surface area contributed by atoms with Gasteiger partial charge in [-0.2, -0.15) is 15.5 Å². The van der Waals surface area contributed by atoms with Crippen LogP contribution in [0.5, 0.6) is 0 Å². The summed E-state index contributed by atoms with van der Waals surface area (Å²) in [5, 5.41) is 24.8. The van der Waals surface area contributed by atoms with Crippen molar-refractivity contribution in [1.29, 1.82) is 5.26 Å². The van der Waals surface area contributed by atoms with E-state index in [0.717, 1.165) is 84.6 Å². The summed E-state index contributed by atoms with van der Waals surface area (Å²) < 4.78 is 19.1. The lowest BCUT2D eigenvalue weighted by Crippen LogP contribution is -2.53. The number of rotatable bonds is 11. The molecule has 68 heavy (non-hydrogen) atoms. The first-order valence-corrected chi connectivity index (χ1v) is 24.0. The summed E-state index contributed by atoms with van der Waals surface area (Å²) >= 11 is 0. The maximum atomic E-state index is 15.3. The average Bonchev–Trinajstić information content (AvgIpc) is 4.08. The standard InChI is InChI=1S/C51H54FN13O3/c52-45-22-38(58-46-9-11-48(66)59-51(46)68)5-8-43(45)33-12-17-60(18-13-33)32-49(67)61-19-14-40(15-20-61)64-28-37(26-56-64)35-21-44(50-36(23-53)25-57-65(50)27-35)34-4-10-47(55-24-34)62-30-41-6-7-42(31-62)63(41)29-39-3-1-2-16-54-39/h1-5,8,10,16,21-22,24-28,33,40-42,46,58H,6-7,9,11-15,17-20,29-32H2,(H,59,66,68). The van der Waals surface area contributed by atoms with Crippen molar-refractivity contribution in [3.05, 3.63) is 114 Å². The Morgan fingerprint density at radius 1 is 0.824 bits per heavy atom. The molecule has 11 rings (SSSR count). The lowest BCUT2D eigenvalue weighted by molar-refractivity contribution is -0.135. The van der Waals surface area contributed by atoms with Gasteiger partial charge in [0.25, 0.3) is 0 Å². The van der Waals surface area contributed by atoms with Gasteiger partial charge in [-0.15, -0.1) is 0 Å². The van der Waals surface area contributed by atoms with E-state index < -0.39 is 11.9 Å². The Morgan fingerprint density at radius 2 is 1.65 bits per heavy atom. The number of fused-ring (bicyclic) bond motifs is 3. The number of benzene rings is 1. The molecule has 16 nitrogen and oxygen atoms in total. The lowest BCUT2D eigenvalue weighted by Gasteiger charge is -2.41. The number of likely N-dealkylation sites (tertiary alicyclic amines) is 2. The number of anilines is 2. The van der Waals surface area contributed by atoms with E-state index in [1.54, 1.807) is 22.8 Å². The van der Waals surface area contributed by atoms with Crippen LogP contribution in [-0.2, 0) is 20.9 Å². The number of carbonyl (C=O) groups is 3. The summed E-state index contributed by atoms with van der Waals surface area (Å²) in [4.78, 5) is 55.9. The van der Waals surface area contributed by atoms with Crippen molar-refractivity contribution >= 4 is 34.7 Å². The number of hydrogen-bond acceptors (Lipinski definition) is 12. The van der Waals surface area contributed by atoms with Crippen LogP contribution >= 0.6 is 0 Å². The fraction of sp³-hybridized carbons (Fsp3) is 0.412. The fourth-order valence-corrected chi connectivity index (χ4v) is 11.2. The van der Waals surface area contributed by atoms with E-state index in [-0.39, 0.29) is 36.0 Å². The Balaban J connectivity index is 0.693. The van der Waals surface area contributed by atoms with E-state index in [1.165, 1.54) is 18.9 Å². The molecule has 2 bridgehead atoms. The summed E-state index contributed by atoms with van der Waals surface area (Å²) in [6.07, 6.45) is 17.3. The Kier molecular flexibility index (Phi) is 11.9. The van der Waals surface area contributed by atoms with Crippen LogP contribution in [0.15, 0.2) is 91.8 Å². The molecule has 348 valence electrons. The minimum Gasteiger partial charge on any atom is -0.374 e. The van der Waals surface area contributed by atoms with Gasteiger partial charge in [0.2, 0.25) is 17.7 Å². The number of pyridine rings is 3. The summed E-state index contributed by atoms with van der Waals surface area (Å²) in [6, 6.07) is 20.3. The second-order valence-corrected chi connectivity index (χ2v) is 19.0. The molecule has 0 saturated carbocycles. The number of piperidine rings is 3. The Labute approximate surface area is 393 Å². The zero-order chi connectivity index (χ0) is 46.3. The zero-order valence-electron chi connectivity index (χ0n) is 37.9. The molecule has 10 heterocycles. The number of carbonyl (C=O) groups excluding carboxylic acids is 3. The first-order chi connectivity index (χ1) is 33.2. The van der Waals surface area contributed by atoms with Crippen LogP contribution in [0.1, 0.15) is 80.1 Å². The molecule has 5 aliphatic heterocycles. The van der Waals surface area contributed by atoms with Crippen LogP contribution in [0.2, 0.25) is 0 Å². The van der Waals surface area contributed by atoms with E-state index in [4.69, 9.17) is 10.1 Å². The molecule has 3 atom stereocenters. The Hall–Kier alpha value is -7.03. The minimum atomic E-state index is -0.570. The van der Waals surface area contributed by atoms with Crippen molar-refractivity contribution in [3.8, 4) is 28.3 Å². The molecule has 0 radical (unpaired) electrons. The topological polar surface area (TPSA) is 173 Å². The molecule has 2 N–H and O–H groups in total. The number of amides is 3. The van der Waals surface area contributed by atoms with E-state index in [0.29, 0.717) is 68.0 Å². The number of piperazine rings is 1. The zero-order valence-corrected chi connectivity index (χ0v) is 37.9. The molecular formula is C51H54FN13O3. The maximum absolute atomic E-state index is 15.3. The lowest BCUT2D eigenvalue weighted by atomic mass is 9.89. The van der Waals surface area contributed by atoms with Gasteiger partial charge in [-0.3, -0.25) is 39.2 Å². The highest BCUT2D eigenvalue weighted by Gasteiger charge is 2.40. The van der Waals surface area contributed by atoms with Gasteiger partial charge in [-0.25, -0.2) is 13.9 Å². The van der Waals surface area contributed by atoms with Crippen molar-refractivity contribution in [1.82, 2.24) is 49.4 Å². The van der Waals surface area contributed by atoms with Gasteiger partial charge in [0.15, 0.2) is 0 Å². The Morgan fingerprint density at radius 3 is 2.37 bits per heavy atom. The van der Waals surface area contributed by atoms with Crippen molar-refractivity contribution in [2.75, 3.05) is 56.0 Å². The predicted octanol–water partition coefficient (Wildman–Crippen LogP) is 5.78. The second-order valence-electron chi connectivity index (χ2n) is 19.0. The predicted molar refractivity (Wildman–Crippen MR) is 253 cm³/mol. The number of nitrogens with zero attached hydrogens (tertiary/aromatic N) is 11. The highest BCUT2D eigenvalue weighted by atomic mass is 19.1. The smallest absolute Gasteiger partial charge is 0.249 e. The normalized spacial score (nSPS) is 21.9. The number of imide groups is 1. The van der Waals surface area contributed by atoms with Gasteiger partial charge in [-0.05, 0) is 112 Å². The van der Waals surface area contributed by atoms with Crippen molar-refractivity contribution in [3.63, 3.8) is 0 Å². The van der Waals surface area contributed by atoms with Gasteiger partial charge >= 0.3 is 0 Å². The molecule has 3 amide bonds. The van der Waals surface area contributed by atoms with Crippen molar-refractivity contribution in [2.24, 2.45) is 0 Å². The minimum absolute atomic E-state index is 0.0452. The first-order valence-electron chi connectivity index (χ1n) is 24.0. The molecule has 5 fully saturated rings. The molecule has 3 unspecified atom stereocenters. The summed E-state index contributed by atoms with van der Waals surface area (Å²) in [5.41, 5.74) is 7.16. The molecule has 5 aliphatic rings. The average molecular weight is 916 g/mol. The highest BCUT2D eigenvalue weighted by Crippen LogP contribution is 2.37. The molecule has 17 heteroatoms. The number of nitriles is 1. The van der Waals surface area contributed by atoms with Crippen LogP contribution in [0, 0.1) is 17.1 Å². The third-order valence-electron chi connectivity index (χ3n) is 14.9. The molecule has 0 spiro atoms. The van der Waals surface area contributed by atoms with Gasteiger partial charge in [0, 0.05) is 104 Å². The number of hydrogen-bond donors (Lipinski definition) is 2. The number of aromatic nitrogens is 6. The van der Waals surface area contributed by atoms with Gasteiger partial charge in [0.05, 0.1) is 41.8 Å². The van der Waals surface area contributed by atoms with E-state index >= 15 is 4.39 Å². The molecule has 6 aromatic rings. The third-order valence-corrected chi connectivity index (χ3v) is 14.9. The number of halogens is 1. The van der Waals surface area contributed by atoms with Crippen LogP contribution in [-0.4, -0.2) is 126 Å². The van der Waals surface area contributed by atoms with E-state index in [1.807, 2.05) is 40.4 Å². The molecule has 5 saturated heterocycles. The Bertz CT molecular complexity index is 2870. The van der Waals surface area contributed by atoms with Crippen LogP contribution < -0.4 is 15.5 Å². The molecule has 0 aliphatic carbocycles. The fourth-order valence-electron chi connectivity index (χ4n) is 11.2. The summed E-state index contributed by atoms with van der Waals surface area (Å²) in [6.45, 7) is 5.77. The van der Waals surface area contributed by atoms with Crippen molar-refractivity contribution in [2.45, 2.75) is 88.0 Å². The van der Waals surface area contributed by atoms with Crippen molar-refractivity contribution < 1.29 is 18.8 Å². The van der Waals surface area contributed by atoms with Gasteiger partial charge < -0.3 is 15.1 Å².